The molecule has 1 aliphatic heterocycles. The van der Waals surface area contributed by atoms with Crippen LogP contribution in [0.5, 0.6) is 11.5 Å². The number of hydrogen-bond donors (Lipinski definition) is 1. The molecule has 1 unspecified atom stereocenters. The zero-order valence-electron chi connectivity index (χ0n) is 26.1. The molecule has 2 amide bonds. The zero-order valence-corrected chi connectivity index (χ0v) is 28.5. The van der Waals surface area contributed by atoms with Gasteiger partial charge in [-0.1, -0.05) is 54.9 Å². The summed E-state index contributed by atoms with van der Waals surface area (Å²) in [6.07, 6.45) is 1.17. The van der Waals surface area contributed by atoms with Gasteiger partial charge in [0.2, 0.25) is 15.9 Å². The highest BCUT2D eigenvalue weighted by atomic mass is 35.5. The minimum Gasteiger partial charge on any atom is -0.497 e. The number of fused-ring (bicyclic) bond motifs is 1. The SMILES string of the molecule is CCC1(C(=O)N(CCCS(=O)(=O)NCc2ccc(OC)cc2OC)Cc2cccc(Cl)c2)CCN1C(=O)c1csc2ccccc12. The third-order valence-corrected chi connectivity index (χ3v) is 11.2. The third kappa shape index (κ3) is 7.17. The number of methoxy groups -OCH3 is 2. The number of likely N-dealkylation sites (tertiary alicyclic amines) is 1. The van der Waals surface area contributed by atoms with Crippen molar-refractivity contribution >= 4 is 54.9 Å². The molecule has 1 atom stereocenters. The lowest BCUT2D eigenvalue weighted by Crippen LogP contribution is -2.69. The highest BCUT2D eigenvalue weighted by molar-refractivity contribution is 7.89. The van der Waals surface area contributed by atoms with Crippen LogP contribution < -0.4 is 14.2 Å². The van der Waals surface area contributed by atoms with E-state index >= 15 is 0 Å². The van der Waals surface area contributed by atoms with Crippen LogP contribution >= 0.6 is 22.9 Å². The molecule has 0 aliphatic carbocycles. The topological polar surface area (TPSA) is 105 Å². The number of carbonyl (C=O) groups is 2. The summed E-state index contributed by atoms with van der Waals surface area (Å²) in [6, 6.07) is 20.2. The number of thiophene rings is 1. The molecule has 0 spiro atoms. The quantitative estimate of drug-likeness (QED) is 0.172. The first-order valence-electron chi connectivity index (χ1n) is 15.1. The van der Waals surface area contributed by atoms with Gasteiger partial charge in [-0.3, -0.25) is 9.59 Å². The molecule has 5 rings (SSSR count). The van der Waals surface area contributed by atoms with Gasteiger partial charge >= 0.3 is 0 Å². The van der Waals surface area contributed by atoms with Crippen LogP contribution in [0.4, 0.5) is 0 Å². The summed E-state index contributed by atoms with van der Waals surface area (Å²) in [4.78, 5) is 31.6. The molecule has 46 heavy (non-hydrogen) atoms. The number of ether oxygens (including phenoxy) is 2. The summed E-state index contributed by atoms with van der Waals surface area (Å²) in [5.41, 5.74) is 1.07. The summed E-state index contributed by atoms with van der Waals surface area (Å²) in [6.45, 7) is 2.86. The maximum atomic E-state index is 14.4. The molecule has 1 saturated heterocycles. The lowest BCUT2D eigenvalue weighted by molar-refractivity contribution is -0.151. The normalized spacial score (nSPS) is 16.2. The van der Waals surface area contributed by atoms with Crippen LogP contribution in [0, 0.1) is 0 Å². The Morgan fingerprint density at radius 3 is 2.57 bits per heavy atom. The van der Waals surface area contributed by atoms with Crippen LogP contribution in [0.3, 0.4) is 0 Å². The van der Waals surface area contributed by atoms with Crippen molar-refractivity contribution in [1.29, 1.82) is 0 Å². The Kier molecular flexibility index (Phi) is 10.6. The molecule has 9 nitrogen and oxygen atoms in total. The second kappa shape index (κ2) is 14.4. The number of carbonyl (C=O) groups excluding carboxylic acids is 2. The fourth-order valence-corrected chi connectivity index (χ4v) is 8.10. The Morgan fingerprint density at radius 2 is 1.87 bits per heavy atom. The lowest BCUT2D eigenvalue weighted by atomic mass is 9.79. The number of nitrogens with one attached hydrogen (secondary N) is 1. The smallest absolute Gasteiger partial charge is 0.256 e. The summed E-state index contributed by atoms with van der Waals surface area (Å²) in [5.74, 6) is 0.575. The van der Waals surface area contributed by atoms with Gasteiger partial charge in [-0.05, 0) is 49.1 Å². The van der Waals surface area contributed by atoms with E-state index in [2.05, 4.69) is 4.72 Å². The molecule has 1 N–H and O–H groups in total. The van der Waals surface area contributed by atoms with E-state index in [4.69, 9.17) is 21.1 Å². The Morgan fingerprint density at radius 1 is 1.07 bits per heavy atom. The molecular formula is C34H38ClN3O6S2. The van der Waals surface area contributed by atoms with E-state index in [-0.39, 0.29) is 43.6 Å². The maximum absolute atomic E-state index is 14.4. The number of sulfonamides is 1. The van der Waals surface area contributed by atoms with Crippen molar-refractivity contribution in [2.45, 2.75) is 44.8 Å². The Hall–Kier alpha value is -3.64. The largest absolute Gasteiger partial charge is 0.497 e. The van der Waals surface area contributed by atoms with Crippen molar-refractivity contribution in [2.24, 2.45) is 0 Å². The van der Waals surface area contributed by atoms with Gasteiger partial charge in [0.05, 0.1) is 25.5 Å². The van der Waals surface area contributed by atoms with Crippen molar-refractivity contribution < 1.29 is 27.5 Å². The Balaban J connectivity index is 1.31. The molecule has 4 aromatic rings. The average Bonchev–Trinajstić information content (AvgIpc) is 3.47. The van der Waals surface area contributed by atoms with Gasteiger partial charge in [0.1, 0.15) is 17.0 Å². The van der Waals surface area contributed by atoms with E-state index in [9.17, 15) is 18.0 Å². The van der Waals surface area contributed by atoms with E-state index < -0.39 is 15.6 Å². The molecule has 1 aromatic heterocycles. The molecule has 3 aromatic carbocycles. The monoisotopic (exact) mass is 683 g/mol. The fraction of sp³-hybridized carbons (Fsp3) is 0.353. The first-order chi connectivity index (χ1) is 22.1. The maximum Gasteiger partial charge on any atom is 0.256 e. The van der Waals surface area contributed by atoms with E-state index in [1.807, 2.05) is 48.7 Å². The first kappa shape index (κ1) is 33.7. The summed E-state index contributed by atoms with van der Waals surface area (Å²) in [5, 5.41) is 3.28. The zero-order chi connectivity index (χ0) is 32.9. The Bertz CT molecular complexity index is 1820. The van der Waals surface area contributed by atoms with Gasteiger partial charge in [0.25, 0.3) is 5.91 Å². The van der Waals surface area contributed by atoms with Crippen molar-refractivity contribution in [1.82, 2.24) is 14.5 Å². The van der Waals surface area contributed by atoms with Crippen LogP contribution in [-0.4, -0.2) is 68.6 Å². The predicted molar refractivity (Wildman–Crippen MR) is 182 cm³/mol. The molecule has 2 heterocycles. The summed E-state index contributed by atoms with van der Waals surface area (Å²) in [7, 11) is -0.626. The fourth-order valence-electron chi connectivity index (χ4n) is 5.93. The van der Waals surface area contributed by atoms with Crippen molar-refractivity contribution in [3.8, 4) is 11.5 Å². The number of halogens is 1. The van der Waals surface area contributed by atoms with E-state index in [1.165, 1.54) is 18.4 Å². The number of amides is 2. The molecule has 0 bridgehead atoms. The highest BCUT2D eigenvalue weighted by Gasteiger charge is 2.53. The van der Waals surface area contributed by atoms with E-state index in [0.29, 0.717) is 47.0 Å². The molecular weight excluding hydrogens is 646 g/mol. The summed E-state index contributed by atoms with van der Waals surface area (Å²) >= 11 is 7.77. The number of hydrogen-bond acceptors (Lipinski definition) is 7. The molecule has 1 fully saturated rings. The third-order valence-electron chi connectivity index (χ3n) is 8.57. The average molecular weight is 684 g/mol. The molecule has 12 heteroatoms. The summed E-state index contributed by atoms with van der Waals surface area (Å²) < 4.78 is 40.3. The highest BCUT2D eigenvalue weighted by Crippen LogP contribution is 2.39. The van der Waals surface area contributed by atoms with Gasteiger partial charge in [-0.15, -0.1) is 11.3 Å². The van der Waals surface area contributed by atoms with Gasteiger partial charge in [0, 0.05) is 58.3 Å². The molecule has 0 radical (unpaired) electrons. The second-order valence-corrected chi connectivity index (χ2v) is 14.5. The van der Waals surface area contributed by atoms with Crippen LogP contribution in [0.1, 0.15) is 47.7 Å². The van der Waals surface area contributed by atoms with Gasteiger partial charge < -0.3 is 19.3 Å². The predicted octanol–water partition coefficient (Wildman–Crippen LogP) is 6.11. The number of nitrogens with zero attached hydrogens (tertiary/aromatic N) is 2. The van der Waals surface area contributed by atoms with Crippen LogP contribution in [0.25, 0.3) is 10.1 Å². The molecule has 1 aliphatic rings. The van der Waals surface area contributed by atoms with Gasteiger partial charge in [-0.25, -0.2) is 13.1 Å². The van der Waals surface area contributed by atoms with Crippen LogP contribution in [0.15, 0.2) is 72.1 Å². The van der Waals surface area contributed by atoms with Crippen molar-refractivity contribution in [3.05, 3.63) is 93.8 Å². The molecule has 244 valence electrons. The van der Waals surface area contributed by atoms with E-state index in [1.54, 1.807) is 47.2 Å². The second-order valence-electron chi connectivity index (χ2n) is 11.3. The number of benzene rings is 3. The molecule has 0 saturated carbocycles. The van der Waals surface area contributed by atoms with Gasteiger partial charge in [-0.2, -0.15) is 0 Å². The number of rotatable bonds is 14. The minimum atomic E-state index is -3.69. The van der Waals surface area contributed by atoms with Crippen molar-refractivity contribution in [2.75, 3.05) is 33.1 Å². The van der Waals surface area contributed by atoms with Crippen LogP contribution in [-0.2, 0) is 27.9 Å². The van der Waals surface area contributed by atoms with E-state index in [0.717, 1.165) is 15.6 Å². The standard InChI is InChI=1S/C34H38ClN3O6S2/c1-4-34(15-17-38(34)32(39)29-23-45-31-12-6-5-11-28(29)31)33(40)37(22-24-9-7-10-26(35)19-24)16-8-18-46(41,42)36-21-25-13-14-27(43-2)20-30(25)44-3/h5-7,9-14,19-20,23,36H,4,8,15-18,21-22H2,1-3H3. The first-order valence-corrected chi connectivity index (χ1v) is 18.0. The van der Waals surface area contributed by atoms with Crippen molar-refractivity contribution in [3.63, 3.8) is 0 Å². The Labute approximate surface area is 279 Å². The van der Waals surface area contributed by atoms with Gasteiger partial charge in [0.15, 0.2) is 0 Å². The lowest BCUT2D eigenvalue weighted by Gasteiger charge is -2.52. The minimum absolute atomic E-state index is 0.0495. The van der Waals surface area contributed by atoms with Crippen LogP contribution in [0.2, 0.25) is 5.02 Å².